The van der Waals surface area contributed by atoms with Crippen molar-refractivity contribution in [1.29, 1.82) is 5.26 Å². The van der Waals surface area contributed by atoms with Crippen LogP contribution in [0.5, 0.6) is 0 Å². The summed E-state index contributed by atoms with van der Waals surface area (Å²) in [6.07, 6.45) is 2.29. The van der Waals surface area contributed by atoms with Gasteiger partial charge in [0.25, 0.3) is 5.56 Å². The lowest BCUT2D eigenvalue weighted by Crippen LogP contribution is -3.09. The normalized spacial score (nSPS) is 21.0. The molecule has 114 valence electrons. The van der Waals surface area contributed by atoms with E-state index in [0.29, 0.717) is 18.3 Å². The third kappa shape index (κ3) is 2.58. The zero-order valence-corrected chi connectivity index (χ0v) is 13.6. The Kier molecular flexibility index (Phi) is 4.10. The molecule has 2 atom stereocenters. The minimum absolute atomic E-state index is 0.221. The smallest absolute Gasteiger partial charge is 0.289 e. The molecule has 0 saturated carbocycles. The Bertz CT molecular complexity index is 773. The van der Waals surface area contributed by atoms with Crippen molar-refractivity contribution in [2.75, 3.05) is 6.54 Å². The molecule has 1 N–H and O–H groups in total. The predicted molar refractivity (Wildman–Crippen MR) is 84.8 cm³/mol. The van der Waals surface area contributed by atoms with Crippen LogP contribution in [0, 0.1) is 25.2 Å². The topological polar surface area (TPSA) is 63.1 Å². The van der Waals surface area contributed by atoms with E-state index in [1.54, 1.807) is 18.3 Å². The minimum Gasteiger partial charge on any atom is -0.309 e. The minimum atomic E-state index is -0.269. The summed E-state index contributed by atoms with van der Waals surface area (Å²) in [5.41, 5.74) is 1.39. The SMILES string of the molecule is Cc1nn(C[NH+]2CCC[C@H]2c2cccs2)c(=O)c(C#N)c1C. The first kappa shape index (κ1) is 14.9. The fraction of sp³-hybridized carbons (Fsp3) is 0.438. The molecule has 2 aromatic rings. The van der Waals surface area contributed by atoms with Crippen molar-refractivity contribution in [3.8, 4) is 6.07 Å². The van der Waals surface area contributed by atoms with Gasteiger partial charge in [-0.3, -0.25) is 4.79 Å². The Labute approximate surface area is 133 Å². The van der Waals surface area contributed by atoms with Crippen molar-refractivity contribution in [2.45, 2.75) is 39.4 Å². The summed E-state index contributed by atoms with van der Waals surface area (Å²) in [6.45, 7) is 5.19. The molecule has 0 aliphatic carbocycles. The van der Waals surface area contributed by atoms with E-state index in [1.165, 1.54) is 14.5 Å². The van der Waals surface area contributed by atoms with Gasteiger partial charge in [0.15, 0.2) is 6.67 Å². The Morgan fingerprint density at radius 3 is 3.05 bits per heavy atom. The maximum absolute atomic E-state index is 12.4. The molecule has 0 spiro atoms. The lowest BCUT2D eigenvalue weighted by Gasteiger charge is -2.21. The van der Waals surface area contributed by atoms with Crippen LogP contribution in [0.1, 0.15) is 40.6 Å². The first-order chi connectivity index (χ1) is 10.6. The van der Waals surface area contributed by atoms with Gasteiger partial charge in [-0.2, -0.15) is 15.0 Å². The second-order valence-electron chi connectivity index (χ2n) is 5.78. The van der Waals surface area contributed by atoms with Gasteiger partial charge in [0.2, 0.25) is 0 Å². The molecule has 1 aliphatic heterocycles. The number of nitrogens with one attached hydrogen (secondary N) is 1. The van der Waals surface area contributed by atoms with Crippen molar-refractivity contribution in [3.05, 3.63) is 49.6 Å². The quantitative estimate of drug-likeness (QED) is 0.925. The number of likely N-dealkylation sites (tertiary alicyclic amines) is 1. The van der Waals surface area contributed by atoms with Gasteiger partial charge in [-0.15, -0.1) is 11.3 Å². The van der Waals surface area contributed by atoms with E-state index >= 15 is 0 Å². The Balaban J connectivity index is 1.92. The fourth-order valence-electron chi connectivity index (χ4n) is 3.14. The van der Waals surface area contributed by atoms with Gasteiger partial charge >= 0.3 is 0 Å². The number of thiophene rings is 1. The largest absolute Gasteiger partial charge is 0.309 e. The van der Waals surface area contributed by atoms with E-state index in [-0.39, 0.29) is 11.1 Å². The number of aromatic nitrogens is 2. The highest BCUT2D eigenvalue weighted by Crippen LogP contribution is 2.23. The van der Waals surface area contributed by atoms with Crippen LogP contribution in [0.15, 0.2) is 22.3 Å². The maximum Gasteiger partial charge on any atom is 0.289 e. The van der Waals surface area contributed by atoms with E-state index in [4.69, 9.17) is 0 Å². The van der Waals surface area contributed by atoms with E-state index in [0.717, 1.165) is 25.1 Å². The van der Waals surface area contributed by atoms with Crippen LogP contribution in [0.4, 0.5) is 0 Å². The average Bonchev–Trinajstić information content (AvgIpc) is 3.16. The van der Waals surface area contributed by atoms with Crippen LogP contribution >= 0.6 is 11.3 Å². The summed E-state index contributed by atoms with van der Waals surface area (Å²) in [5.74, 6) is 0. The van der Waals surface area contributed by atoms with Gasteiger partial charge in [0.05, 0.1) is 17.1 Å². The molecule has 0 amide bonds. The molecular formula is C16H19N4OS+. The summed E-state index contributed by atoms with van der Waals surface area (Å²) >= 11 is 1.77. The molecule has 1 aliphatic rings. The van der Waals surface area contributed by atoms with E-state index in [2.05, 4.69) is 22.6 Å². The first-order valence-electron chi connectivity index (χ1n) is 7.48. The third-order valence-electron chi connectivity index (χ3n) is 4.47. The van der Waals surface area contributed by atoms with E-state index in [1.807, 2.05) is 13.0 Å². The van der Waals surface area contributed by atoms with Gasteiger partial charge in [-0.05, 0) is 30.9 Å². The van der Waals surface area contributed by atoms with Crippen molar-refractivity contribution in [2.24, 2.45) is 0 Å². The van der Waals surface area contributed by atoms with Crippen molar-refractivity contribution >= 4 is 11.3 Å². The number of rotatable bonds is 3. The number of nitrogens with zero attached hydrogens (tertiary/aromatic N) is 3. The highest BCUT2D eigenvalue weighted by molar-refractivity contribution is 7.10. The zero-order valence-electron chi connectivity index (χ0n) is 12.8. The summed E-state index contributed by atoms with van der Waals surface area (Å²) < 4.78 is 1.47. The number of nitriles is 1. The van der Waals surface area contributed by atoms with Gasteiger partial charge in [-0.1, -0.05) is 6.07 Å². The van der Waals surface area contributed by atoms with Crippen LogP contribution in [-0.2, 0) is 6.67 Å². The van der Waals surface area contributed by atoms with Crippen molar-refractivity contribution in [3.63, 3.8) is 0 Å². The molecule has 6 heteroatoms. The molecule has 0 bridgehead atoms. The number of aryl methyl sites for hydroxylation is 1. The number of quaternary nitrogens is 1. The first-order valence-corrected chi connectivity index (χ1v) is 8.36. The highest BCUT2D eigenvalue weighted by atomic mass is 32.1. The van der Waals surface area contributed by atoms with Crippen LogP contribution in [0.3, 0.4) is 0 Å². The summed E-state index contributed by atoms with van der Waals surface area (Å²) in [6, 6.07) is 6.70. The van der Waals surface area contributed by atoms with Crippen LogP contribution < -0.4 is 10.5 Å². The van der Waals surface area contributed by atoms with Gasteiger partial charge in [0, 0.05) is 12.8 Å². The van der Waals surface area contributed by atoms with Gasteiger partial charge in [-0.25, -0.2) is 0 Å². The lowest BCUT2D eigenvalue weighted by atomic mass is 10.1. The number of hydrogen-bond donors (Lipinski definition) is 1. The third-order valence-corrected chi connectivity index (χ3v) is 5.46. The molecule has 3 rings (SSSR count). The standard InChI is InChI=1S/C16H18N4OS/c1-11-12(2)18-20(16(21)13(11)9-17)10-19-7-3-5-14(19)15-6-4-8-22-15/h4,6,8,14H,3,5,7,10H2,1-2H3/p+1/t14-/m0/s1. The Morgan fingerprint density at radius 1 is 1.55 bits per heavy atom. The molecular weight excluding hydrogens is 296 g/mol. The Morgan fingerprint density at radius 2 is 2.36 bits per heavy atom. The van der Waals surface area contributed by atoms with Crippen molar-refractivity contribution < 1.29 is 4.90 Å². The molecule has 3 heterocycles. The predicted octanol–water partition coefficient (Wildman–Crippen LogP) is 1.17. The monoisotopic (exact) mass is 315 g/mol. The van der Waals surface area contributed by atoms with E-state index < -0.39 is 0 Å². The fourth-order valence-corrected chi connectivity index (χ4v) is 4.06. The number of hydrogen-bond acceptors (Lipinski definition) is 4. The average molecular weight is 315 g/mol. The van der Waals surface area contributed by atoms with Crippen molar-refractivity contribution in [1.82, 2.24) is 9.78 Å². The van der Waals surface area contributed by atoms with Crippen LogP contribution in [0.25, 0.3) is 0 Å². The second-order valence-corrected chi connectivity index (χ2v) is 6.76. The summed E-state index contributed by atoms with van der Waals surface area (Å²) in [7, 11) is 0. The zero-order chi connectivity index (χ0) is 15.7. The molecule has 1 fully saturated rings. The molecule has 5 nitrogen and oxygen atoms in total. The molecule has 1 saturated heterocycles. The van der Waals surface area contributed by atoms with E-state index in [9.17, 15) is 10.1 Å². The van der Waals surface area contributed by atoms with Crippen LogP contribution in [-0.4, -0.2) is 16.3 Å². The molecule has 2 aromatic heterocycles. The lowest BCUT2D eigenvalue weighted by molar-refractivity contribution is -0.941. The maximum atomic E-state index is 12.4. The molecule has 0 aromatic carbocycles. The summed E-state index contributed by atoms with van der Waals surface area (Å²) in [4.78, 5) is 15.1. The molecule has 1 unspecified atom stereocenters. The van der Waals surface area contributed by atoms with Crippen LogP contribution in [0.2, 0.25) is 0 Å². The molecule has 22 heavy (non-hydrogen) atoms. The van der Waals surface area contributed by atoms with Gasteiger partial charge in [0.1, 0.15) is 17.7 Å². The summed E-state index contributed by atoms with van der Waals surface area (Å²) in [5, 5.41) is 15.7. The second kappa shape index (κ2) is 6.03. The Hall–Kier alpha value is -1.97. The molecule has 0 radical (unpaired) electrons. The van der Waals surface area contributed by atoms with Gasteiger partial charge < -0.3 is 4.90 Å². The highest BCUT2D eigenvalue weighted by Gasteiger charge is 2.31.